The molecule has 0 radical (unpaired) electrons. The molecule has 1 amide bonds. The van der Waals surface area contributed by atoms with Crippen molar-refractivity contribution >= 4 is 5.91 Å². The Kier molecular flexibility index (Phi) is 3.77. The maximum Gasteiger partial charge on any atom is 0.222 e. The molecule has 2 aliphatic carbocycles. The molecule has 0 saturated heterocycles. The molecule has 2 fully saturated rings. The number of hydrogen-bond donors (Lipinski definition) is 0. The molecule has 1 aromatic carbocycles. The molecule has 0 spiro atoms. The second-order valence-electron chi connectivity index (χ2n) is 6.48. The highest BCUT2D eigenvalue weighted by Crippen LogP contribution is 2.49. The third kappa shape index (κ3) is 2.72. The highest BCUT2D eigenvalue weighted by molar-refractivity contribution is 5.76. The van der Waals surface area contributed by atoms with Crippen molar-refractivity contribution in [1.29, 1.82) is 0 Å². The van der Waals surface area contributed by atoms with Crippen molar-refractivity contribution in [3.05, 3.63) is 35.6 Å². The van der Waals surface area contributed by atoms with Gasteiger partial charge in [-0.1, -0.05) is 24.6 Å². The van der Waals surface area contributed by atoms with Crippen LogP contribution >= 0.6 is 0 Å². The number of fused-ring (bicyclic) bond motifs is 2. The Morgan fingerprint density at radius 1 is 1.30 bits per heavy atom. The van der Waals surface area contributed by atoms with Crippen LogP contribution in [0.25, 0.3) is 0 Å². The summed E-state index contributed by atoms with van der Waals surface area (Å²) in [5.41, 5.74) is 0.594. The van der Waals surface area contributed by atoms with E-state index in [9.17, 15) is 9.18 Å². The van der Waals surface area contributed by atoms with Crippen LogP contribution < -0.4 is 0 Å². The Morgan fingerprint density at radius 3 is 2.75 bits per heavy atom. The third-order valence-corrected chi connectivity index (χ3v) is 5.11. The van der Waals surface area contributed by atoms with Crippen LogP contribution in [0.5, 0.6) is 0 Å². The number of carbonyl (C=O) groups is 1. The van der Waals surface area contributed by atoms with Gasteiger partial charge in [-0.05, 0) is 43.1 Å². The highest BCUT2D eigenvalue weighted by atomic mass is 19.1. The van der Waals surface area contributed by atoms with Gasteiger partial charge in [-0.15, -0.1) is 0 Å². The molecular weight excluding hydrogens is 253 g/mol. The van der Waals surface area contributed by atoms with Gasteiger partial charge in [0.05, 0.1) is 0 Å². The predicted octanol–water partition coefficient (Wildman–Crippen LogP) is 3.61. The van der Waals surface area contributed by atoms with E-state index in [2.05, 4.69) is 0 Å². The van der Waals surface area contributed by atoms with Crippen LogP contribution in [0.1, 0.15) is 37.7 Å². The molecule has 2 saturated carbocycles. The lowest BCUT2D eigenvalue weighted by atomic mass is 9.86. The van der Waals surface area contributed by atoms with Crippen LogP contribution in [0, 0.1) is 23.6 Å². The van der Waals surface area contributed by atoms with E-state index in [4.69, 9.17) is 0 Å². The number of benzene rings is 1. The zero-order valence-corrected chi connectivity index (χ0v) is 12.0. The van der Waals surface area contributed by atoms with Gasteiger partial charge >= 0.3 is 0 Å². The number of nitrogens with zero attached hydrogens (tertiary/aromatic N) is 1. The normalized spacial score (nSPS) is 27.8. The quantitative estimate of drug-likeness (QED) is 0.822. The molecule has 0 aliphatic heterocycles. The Balaban J connectivity index is 1.56. The number of rotatable bonds is 4. The summed E-state index contributed by atoms with van der Waals surface area (Å²) in [5, 5.41) is 0. The minimum atomic E-state index is -0.230. The van der Waals surface area contributed by atoms with Gasteiger partial charge in [-0.3, -0.25) is 4.79 Å². The maximum atomic E-state index is 13.6. The summed E-state index contributed by atoms with van der Waals surface area (Å²) in [6.45, 7) is 0.367. The van der Waals surface area contributed by atoms with Crippen molar-refractivity contribution in [1.82, 2.24) is 4.90 Å². The fourth-order valence-electron chi connectivity index (χ4n) is 3.98. The van der Waals surface area contributed by atoms with E-state index in [-0.39, 0.29) is 11.7 Å². The lowest BCUT2D eigenvalue weighted by molar-refractivity contribution is -0.131. The van der Waals surface area contributed by atoms with E-state index in [1.165, 1.54) is 31.7 Å². The summed E-state index contributed by atoms with van der Waals surface area (Å²) in [7, 11) is 1.78. The number of halogens is 1. The number of amides is 1. The molecule has 2 nitrogen and oxygen atoms in total. The second-order valence-corrected chi connectivity index (χ2v) is 6.48. The molecule has 2 aliphatic rings. The Hall–Kier alpha value is -1.38. The van der Waals surface area contributed by atoms with Crippen LogP contribution in [0.15, 0.2) is 24.3 Å². The SMILES string of the molecule is CN(Cc1ccccc1F)C(=O)CC1CC2CCC1C2. The van der Waals surface area contributed by atoms with E-state index in [1.54, 1.807) is 24.1 Å². The fraction of sp³-hybridized carbons (Fsp3) is 0.588. The minimum Gasteiger partial charge on any atom is -0.341 e. The van der Waals surface area contributed by atoms with Crippen molar-refractivity contribution in [3.63, 3.8) is 0 Å². The van der Waals surface area contributed by atoms with Gasteiger partial charge in [0.1, 0.15) is 5.82 Å². The molecular formula is C17H22FNO. The van der Waals surface area contributed by atoms with Crippen LogP contribution in [0.2, 0.25) is 0 Å². The van der Waals surface area contributed by atoms with Gasteiger partial charge in [-0.25, -0.2) is 4.39 Å². The summed E-state index contributed by atoms with van der Waals surface area (Å²) in [6, 6.07) is 6.68. The van der Waals surface area contributed by atoms with Crippen LogP contribution in [-0.2, 0) is 11.3 Å². The van der Waals surface area contributed by atoms with Gasteiger partial charge in [0.25, 0.3) is 0 Å². The molecule has 1 aromatic rings. The first-order valence-electron chi connectivity index (χ1n) is 7.61. The first-order chi connectivity index (χ1) is 9.63. The molecule has 3 rings (SSSR count). The van der Waals surface area contributed by atoms with Crippen molar-refractivity contribution in [2.45, 2.75) is 38.6 Å². The van der Waals surface area contributed by atoms with Crippen molar-refractivity contribution in [3.8, 4) is 0 Å². The van der Waals surface area contributed by atoms with Crippen molar-refractivity contribution in [2.24, 2.45) is 17.8 Å². The third-order valence-electron chi connectivity index (χ3n) is 5.11. The summed E-state index contributed by atoms with van der Waals surface area (Å²) in [6.07, 6.45) is 5.87. The highest BCUT2D eigenvalue weighted by Gasteiger charge is 2.40. The smallest absolute Gasteiger partial charge is 0.222 e. The Morgan fingerprint density at radius 2 is 2.10 bits per heavy atom. The molecule has 3 heteroatoms. The van der Waals surface area contributed by atoms with E-state index < -0.39 is 0 Å². The second kappa shape index (κ2) is 5.55. The number of carbonyl (C=O) groups excluding carboxylic acids is 1. The molecule has 3 unspecified atom stereocenters. The average Bonchev–Trinajstić information content (AvgIpc) is 3.03. The van der Waals surface area contributed by atoms with Gasteiger partial charge in [0.2, 0.25) is 5.91 Å². The van der Waals surface area contributed by atoms with Crippen LogP contribution in [0.4, 0.5) is 4.39 Å². The van der Waals surface area contributed by atoms with Gasteiger partial charge in [0.15, 0.2) is 0 Å². The van der Waals surface area contributed by atoms with E-state index >= 15 is 0 Å². The standard InChI is InChI=1S/C17H22FNO/c1-19(11-14-4-2-3-5-16(14)18)17(20)10-15-9-12-6-7-13(15)8-12/h2-5,12-13,15H,6-11H2,1H3. The van der Waals surface area contributed by atoms with Gasteiger partial charge in [0, 0.05) is 25.6 Å². The predicted molar refractivity (Wildman–Crippen MR) is 76.4 cm³/mol. The first-order valence-corrected chi connectivity index (χ1v) is 7.61. The lowest BCUT2D eigenvalue weighted by Crippen LogP contribution is -2.29. The van der Waals surface area contributed by atoms with E-state index in [0.717, 1.165) is 11.8 Å². The largest absolute Gasteiger partial charge is 0.341 e. The zero-order valence-electron chi connectivity index (χ0n) is 12.0. The van der Waals surface area contributed by atoms with Crippen molar-refractivity contribution in [2.75, 3.05) is 7.05 Å². The topological polar surface area (TPSA) is 20.3 Å². The molecule has 2 bridgehead atoms. The molecule has 0 N–H and O–H groups in total. The van der Waals surface area contributed by atoms with Crippen LogP contribution in [-0.4, -0.2) is 17.9 Å². The average molecular weight is 275 g/mol. The molecule has 0 heterocycles. The molecule has 0 aromatic heterocycles. The van der Waals surface area contributed by atoms with Crippen LogP contribution in [0.3, 0.4) is 0 Å². The first kappa shape index (κ1) is 13.6. The summed E-state index contributed by atoms with van der Waals surface area (Å²) in [5.74, 6) is 2.14. The zero-order chi connectivity index (χ0) is 14.1. The monoisotopic (exact) mass is 275 g/mol. The fourth-order valence-corrected chi connectivity index (χ4v) is 3.98. The van der Waals surface area contributed by atoms with Gasteiger partial charge < -0.3 is 4.90 Å². The van der Waals surface area contributed by atoms with E-state index in [1.807, 2.05) is 6.07 Å². The van der Waals surface area contributed by atoms with E-state index in [0.29, 0.717) is 24.4 Å². The summed E-state index contributed by atoms with van der Waals surface area (Å²) < 4.78 is 13.6. The molecule has 108 valence electrons. The summed E-state index contributed by atoms with van der Waals surface area (Å²) >= 11 is 0. The molecule has 3 atom stereocenters. The van der Waals surface area contributed by atoms with Gasteiger partial charge in [-0.2, -0.15) is 0 Å². The Labute approximate surface area is 120 Å². The Bertz CT molecular complexity index is 502. The maximum absolute atomic E-state index is 13.6. The minimum absolute atomic E-state index is 0.158. The lowest BCUT2D eigenvalue weighted by Gasteiger charge is -2.24. The van der Waals surface area contributed by atoms with Crippen molar-refractivity contribution < 1.29 is 9.18 Å². The molecule has 20 heavy (non-hydrogen) atoms. The summed E-state index contributed by atoms with van der Waals surface area (Å²) in [4.78, 5) is 14.0. The number of hydrogen-bond acceptors (Lipinski definition) is 1.